The molecule has 3 aromatic rings. The summed E-state index contributed by atoms with van der Waals surface area (Å²) >= 11 is 0. The molecule has 0 radical (unpaired) electrons. The number of ether oxygens (including phenoxy) is 2. The van der Waals surface area contributed by atoms with Crippen molar-refractivity contribution < 1.29 is 14.6 Å². The predicted octanol–water partition coefficient (Wildman–Crippen LogP) is 2.88. The summed E-state index contributed by atoms with van der Waals surface area (Å²) in [5, 5.41) is 16.4. The number of aliphatic hydroxyl groups excluding tert-OH is 1. The van der Waals surface area contributed by atoms with Gasteiger partial charge in [0, 0.05) is 35.9 Å². The summed E-state index contributed by atoms with van der Waals surface area (Å²) in [5.74, 6) is 1.34. The molecule has 2 aromatic carbocycles. The van der Waals surface area contributed by atoms with Gasteiger partial charge in [0.2, 0.25) is 0 Å². The number of methoxy groups -OCH3 is 1. The van der Waals surface area contributed by atoms with Crippen LogP contribution in [0.3, 0.4) is 0 Å². The Labute approximate surface area is 146 Å². The van der Waals surface area contributed by atoms with Gasteiger partial charge < -0.3 is 30.2 Å². The van der Waals surface area contributed by atoms with Crippen molar-refractivity contribution in [2.75, 3.05) is 38.7 Å². The largest absolute Gasteiger partial charge is 0.491 e. The van der Waals surface area contributed by atoms with Gasteiger partial charge >= 0.3 is 0 Å². The first-order valence-electron chi connectivity index (χ1n) is 8.28. The maximum Gasteiger partial charge on any atom is 0.184 e. The van der Waals surface area contributed by atoms with Gasteiger partial charge in [0.25, 0.3) is 0 Å². The normalized spacial score (nSPS) is 10.8. The van der Waals surface area contributed by atoms with E-state index < -0.39 is 0 Å². The van der Waals surface area contributed by atoms with E-state index in [1.54, 1.807) is 7.11 Å². The zero-order valence-corrected chi connectivity index (χ0v) is 14.2. The molecule has 0 aliphatic rings. The van der Waals surface area contributed by atoms with Gasteiger partial charge in [-0.25, -0.2) is 0 Å². The lowest BCUT2D eigenvalue weighted by molar-refractivity contribution is 0.270. The highest BCUT2D eigenvalue weighted by Crippen LogP contribution is 2.37. The second-order valence-corrected chi connectivity index (χ2v) is 5.53. The highest BCUT2D eigenvalue weighted by atomic mass is 16.5. The van der Waals surface area contributed by atoms with Crippen molar-refractivity contribution in [3.63, 3.8) is 0 Å². The minimum absolute atomic E-state index is 0.118. The molecule has 4 N–H and O–H groups in total. The lowest BCUT2D eigenvalue weighted by Gasteiger charge is -2.16. The number of nitrogens with one attached hydrogen (secondary N) is 3. The Morgan fingerprint density at radius 3 is 2.72 bits per heavy atom. The van der Waals surface area contributed by atoms with Gasteiger partial charge in [-0.05, 0) is 30.3 Å². The first-order valence-corrected chi connectivity index (χ1v) is 8.28. The zero-order valence-electron chi connectivity index (χ0n) is 14.2. The number of benzene rings is 2. The highest BCUT2D eigenvalue weighted by Gasteiger charge is 2.11. The number of H-pyrrole nitrogens is 1. The SMILES string of the molecule is COc1c(Nc2cccc3[nH]ccc23)cccc1OCCNCCO. The summed E-state index contributed by atoms with van der Waals surface area (Å²) in [6.07, 6.45) is 1.92. The van der Waals surface area contributed by atoms with Crippen LogP contribution >= 0.6 is 0 Å². The van der Waals surface area contributed by atoms with Crippen LogP contribution in [-0.2, 0) is 0 Å². The number of para-hydroxylation sites is 1. The summed E-state index contributed by atoms with van der Waals surface area (Å²) in [6.45, 7) is 1.83. The van der Waals surface area contributed by atoms with Crippen LogP contribution in [-0.4, -0.2) is 43.5 Å². The molecule has 0 aliphatic heterocycles. The molecule has 0 unspecified atom stereocenters. The number of aliphatic hydroxyl groups is 1. The van der Waals surface area contributed by atoms with Crippen LogP contribution in [0.5, 0.6) is 11.5 Å². The Kier molecular flexibility index (Phi) is 5.77. The number of hydrogen-bond donors (Lipinski definition) is 4. The van der Waals surface area contributed by atoms with Crippen LogP contribution in [0.4, 0.5) is 11.4 Å². The third-order valence-corrected chi connectivity index (χ3v) is 3.87. The fourth-order valence-corrected chi connectivity index (χ4v) is 2.72. The molecular formula is C19H23N3O3. The molecule has 0 fully saturated rings. The Balaban J connectivity index is 1.77. The average Bonchev–Trinajstić information content (AvgIpc) is 3.11. The minimum Gasteiger partial charge on any atom is -0.491 e. The number of aromatic nitrogens is 1. The number of fused-ring (bicyclic) bond motifs is 1. The monoisotopic (exact) mass is 341 g/mol. The van der Waals surface area contributed by atoms with E-state index in [0.29, 0.717) is 31.2 Å². The molecule has 1 heterocycles. The first-order chi connectivity index (χ1) is 12.3. The van der Waals surface area contributed by atoms with Gasteiger partial charge in [0.1, 0.15) is 6.61 Å². The Morgan fingerprint density at radius 2 is 1.88 bits per heavy atom. The van der Waals surface area contributed by atoms with Crippen molar-refractivity contribution in [1.29, 1.82) is 0 Å². The fourth-order valence-electron chi connectivity index (χ4n) is 2.72. The van der Waals surface area contributed by atoms with Crippen LogP contribution in [0.25, 0.3) is 10.9 Å². The van der Waals surface area contributed by atoms with Gasteiger partial charge in [0.15, 0.2) is 11.5 Å². The van der Waals surface area contributed by atoms with E-state index in [-0.39, 0.29) is 6.61 Å². The van der Waals surface area contributed by atoms with Gasteiger partial charge in [0.05, 0.1) is 19.4 Å². The molecule has 0 atom stereocenters. The molecule has 0 bridgehead atoms. The fraction of sp³-hybridized carbons (Fsp3) is 0.263. The molecule has 6 heteroatoms. The van der Waals surface area contributed by atoms with E-state index in [1.165, 1.54) is 0 Å². The van der Waals surface area contributed by atoms with E-state index in [1.807, 2.05) is 48.7 Å². The van der Waals surface area contributed by atoms with Crippen LogP contribution in [0.2, 0.25) is 0 Å². The van der Waals surface area contributed by atoms with Crippen molar-refractivity contribution in [2.24, 2.45) is 0 Å². The van der Waals surface area contributed by atoms with E-state index >= 15 is 0 Å². The maximum atomic E-state index is 8.77. The first kappa shape index (κ1) is 17.1. The van der Waals surface area contributed by atoms with Crippen LogP contribution in [0, 0.1) is 0 Å². The summed E-state index contributed by atoms with van der Waals surface area (Å²) in [6, 6.07) is 13.9. The number of anilines is 2. The lowest BCUT2D eigenvalue weighted by atomic mass is 10.2. The van der Waals surface area contributed by atoms with Gasteiger partial charge in [-0.1, -0.05) is 12.1 Å². The quantitative estimate of drug-likeness (QED) is 0.450. The second kappa shape index (κ2) is 8.41. The molecule has 0 saturated carbocycles. The molecule has 25 heavy (non-hydrogen) atoms. The molecule has 3 rings (SSSR count). The van der Waals surface area contributed by atoms with Crippen molar-refractivity contribution in [2.45, 2.75) is 0 Å². The van der Waals surface area contributed by atoms with Gasteiger partial charge in [-0.15, -0.1) is 0 Å². The molecule has 0 aliphatic carbocycles. The van der Waals surface area contributed by atoms with Crippen LogP contribution < -0.4 is 20.1 Å². The van der Waals surface area contributed by atoms with E-state index in [9.17, 15) is 0 Å². The lowest BCUT2D eigenvalue weighted by Crippen LogP contribution is -2.24. The van der Waals surface area contributed by atoms with Crippen molar-refractivity contribution in [3.8, 4) is 11.5 Å². The number of aromatic amines is 1. The molecule has 0 amide bonds. The predicted molar refractivity (Wildman–Crippen MR) is 100 cm³/mol. The van der Waals surface area contributed by atoms with Crippen molar-refractivity contribution >= 4 is 22.3 Å². The van der Waals surface area contributed by atoms with Crippen LogP contribution in [0.15, 0.2) is 48.7 Å². The van der Waals surface area contributed by atoms with Gasteiger partial charge in [-0.3, -0.25) is 0 Å². The molecule has 6 nitrogen and oxygen atoms in total. The summed E-state index contributed by atoms with van der Waals surface area (Å²) in [5.41, 5.74) is 2.92. The standard InChI is InChI=1S/C19H23N3O3/c1-24-19-17(6-3-7-18(19)25-13-11-20-10-12-23)22-16-5-2-4-15-14(16)8-9-21-15/h2-9,20-23H,10-13H2,1H3. The average molecular weight is 341 g/mol. The molecular weight excluding hydrogens is 318 g/mol. The number of rotatable bonds is 9. The van der Waals surface area contributed by atoms with Crippen LogP contribution in [0.1, 0.15) is 0 Å². The maximum absolute atomic E-state index is 8.77. The molecule has 1 aromatic heterocycles. The molecule has 132 valence electrons. The topological polar surface area (TPSA) is 78.5 Å². The minimum atomic E-state index is 0.118. The van der Waals surface area contributed by atoms with Crippen molar-refractivity contribution in [1.82, 2.24) is 10.3 Å². The Bertz CT molecular complexity index is 817. The number of hydrogen-bond acceptors (Lipinski definition) is 5. The van der Waals surface area contributed by atoms with Gasteiger partial charge in [-0.2, -0.15) is 0 Å². The third-order valence-electron chi connectivity index (χ3n) is 3.87. The van der Waals surface area contributed by atoms with E-state index in [2.05, 4.69) is 15.6 Å². The Morgan fingerprint density at radius 1 is 1.04 bits per heavy atom. The molecule has 0 spiro atoms. The smallest absolute Gasteiger partial charge is 0.184 e. The molecule has 0 saturated heterocycles. The highest BCUT2D eigenvalue weighted by molar-refractivity contribution is 5.94. The van der Waals surface area contributed by atoms with E-state index in [4.69, 9.17) is 14.6 Å². The van der Waals surface area contributed by atoms with Crippen molar-refractivity contribution in [3.05, 3.63) is 48.7 Å². The summed E-state index contributed by atoms with van der Waals surface area (Å²) in [7, 11) is 1.63. The third kappa shape index (κ3) is 4.04. The summed E-state index contributed by atoms with van der Waals surface area (Å²) < 4.78 is 11.4. The second-order valence-electron chi connectivity index (χ2n) is 5.53. The summed E-state index contributed by atoms with van der Waals surface area (Å²) in [4.78, 5) is 3.21. The zero-order chi connectivity index (χ0) is 17.5. The Hall–Kier alpha value is -2.70. The van der Waals surface area contributed by atoms with E-state index in [0.717, 1.165) is 22.3 Å².